The summed E-state index contributed by atoms with van der Waals surface area (Å²) in [4.78, 5) is 28.8. The Morgan fingerprint density at radius 1 is 1.03 bits per heavy atom. The zero-order valence-electron chi connectivity index (χ0n) is 16.3. The van der Waals surface area contributed by atoms with E-state index in [2.05, 4.69) is 27.9 Å². The van der Waals surface area contributed by atoms with Gasteiger partial charge in [-0.3, -0.25) is 14.9 Å². The van der Waals surface area contributed by atoms with Crippen LogP contribution in [0, 0.1) is 5.82 Å². The van der Waals surface area contributed by atoms with Crippen LogP contribution in [0.25, 0.3) is 33.0 Å². The van der Waals surface area contributed by atoms with Crippen molar-refractivity contribution in [3.8, 4) is 0 Å². The Kier molecular flexibility index (Phi) is 3.40. The van der Waals surface area contributed by atoms with Gasteiger partial charge in [-0.05, 0) is 37.5 Å². The highest BCUT2D eigenvalue weighted by molar-refractivity contribution is 6.50. The maximum Gasteiger partial charge on any atom is 0.259 e. The summed E-state index contributed by atoms with van der Waals surface area (Å²) in [6.45, 7) is 2.16. The van der Waals surface area contributed by atoms with Gasteiger partial charge in [-0.1, -0.05) is 24.3 Å². The number of rotatable bonds is 2. The van der Waals surface area contributed by atoms with Crippen molar-refractivity contribution in [2.24, 2.45) is 0 Å². The zero-order valence-corrected chi connectivity index (χ0v) is 16.3. The normalized spacial score (nSPS) is 18.7. The van der Waals surface area contributed by atoms with E-state index in [1.54, 1.807) is 18.3 Å². The summed E-state index contributed by atoms with van der Waals surface area (Å²) in [5.41, 5.74) is 4.57. The van der Waals surface area contributed by atoms with Crippen LogP contribution in [-0.4, -0.2) is 21.4 Å². The summed E-state index contributed by atoms with van der Waals surface area (Å²) in [5.74, 6) is -1.38. The minimum atomic E-state index is -0.501. The van der Waals surface area contributed by atoms with Crippen molar-refractivity contribution in [2.75, 3.05) is 0 Å². The number of hydrogen-bond donors (Lipinski definition) is 2. The van der Waals surface area contributed by atoms with Gasteiger partial charge in [0, 0.05) is 45.9 Å². The quantitative estimate of drug-likeness (QED) is 0.493. The van der Waals surface area contributed by atoms with E-state index in [1.165, 1.54) is 11.6 Å². The predicted octanol–water partition coefficient (Wildman–Crippen LogP) is 4.34. The van der Waals surface area contributed by atoms with Gasteiger partial charge < -0.3 is 9.55 Å². The molecule has 1 atom stereocenters. The Labute approximate surface area is 171 Å². The average Bonchev–Trinajstić information content (AvgIpc) is 3.40. The minimum absolute atomic E-state index is 0.215. The first kappa shape index (κ1) is 17.2. The van der Waals surface area contributed by atoms with Crippen molar-refractivity contribution in [1.29, 1.82) is 0 Å². The SMILES string of the molecule is CC1CCc2cccc3c(C4=C(c5c[nH]c6cccc(F)c56)C(=O)NC4=O)cn1c23. The van der Waals surface area contributed by atoms with Crippen LogP contribution in [0.5, 0.6) is 0 Å². The zero-order chi connectivity index (χ0) is 20.6. The summed E-state index contributed by atoms with van der Waals surface area (Å²) >= 11 is 0. The molecule has 4 heterocycles. The molecule has 0 radical (unpaired) electrons. The fraction of sp³-hybridized carbons (Fsp3) is 0.167. The van der Waals surface area contributed by atoms with Gasteiger partial charge in [0.25, 0.3) is 11.8 Å². The number of para-hydroxylation sites is 1. The first-order chi connectivity index (χ1) is 14.5. The predicted molar refractivity (Wildman–Crippen MR) is 113 cm³/mol. The Bertz CT molecular complexity index is 1440. The molecule has 4 aromatic rings. The number of carbonyl (C=O) groups excluding carboxylic acids is 2. The summed E-state index contributed by atoms with van der Waals surface area (Å²) in [6, 6.07) is 11.1. The van der Waals surface area contributed by atoms with Crippen molar-refractivity contribution in [1.82, 2.24) is 14.9 Å². The van der Waals surface area contributed by atoms with Crippen LogP contribution in [0.3, 0.4) is 0 Å². The second-order valence-electron chi connectivity index (χ2n) is 8.05. The molecule has 0 fully saturated rings. The van der Waals surface area contributed by atoms with E-state index in [4.69, 9.17) is 0 Å². The second-order valence-corrected chi connectivity index (χ2v) is 8.05. The molecule has 2 aliphatic rings. The van der Waals surface area contributed by atoms with Gasteiger partial charge >= 0.3 is 0 Å². The summed E-state index contributed by atoms with van der Waals surface area (Å²) in [5, 5.41) is 3.68. The molecule has 148 valence electrons. The van der Waals surface area contributed by atoms with Crippen LogP contribution in [0.15, 0.2) is 48.8 Å². The molecule has 0 aliphatic carbocycles. The molecule has 1 unspecified atom stereocenters. The van der Waals surface area contributed by atoms with Gasteiger partial charge in [-0.25, -0.2) is 4.39 Å². The van der Waals surface area contributed by atoms with E-state index in [1.807, 2.05) is 18.3 Å². The standard InChI is InChI=1S/C24H18FN3O2/c1-12-8-9-13-4-2-5-14-16(11-28(12)22(13)14)21-20(23(29)27-24(21)30)15-10-26-18-7-3-6-17(25)19(15)18/h2-7,10-12,26H,8-9H2,1H3,(H,27,29,30). The molecule has 6 rings (SSSR count). The number of nitrogens with zero attached hydrogens (tertiary/aromatic N) is 1. The van der Waals surface area contributed by atoms with Gasteiger partial charge in [0.2, 0.25) is 0 Å². The average molecular weight is 399 g/mol. The highest BCUT2D eigenvalue weighted by Crippen LogP contribution is 2.41. The van der Waals surface area contributed by atoms with Gasteiger partial charge in [0.15, 0.2) is 0 Å². The third-order valence-electron chi connectivity index (χ3n) is 6.37. The molecule has 6 heteroatoms. The largest absolute Gasteiger partial charge is 0.360 e. The minimum Gasteiger partial charge on any atom is -0.360 e. The summed E-state index contributed by atoms with van der Waals surface area (Å²) in [6.07, 6.45) is 5.57. The molecule has 2 aromatic heterocycles. The third kappa shape index (κ3) is 2.16. The molecular formula is C24H18FN3O2. The number of aryl methyl sites for hydroxylation is 1. The molecule has 2 aromatic carbocycles. The number of imide groups is 1. The second kappa shape index (κ2) is 5.92. The number of halogens is 1. The van der Waals surface area contributed by atoms with E-state index in [9.17, 15) is 14.0 Å². The number of aromatic nitrogens is 2. The molecule has 2 N–H and O–H groups in total. The maximum absolute atomic E-state index is 14.6. The van der Waals surface area contributed by atoms with E-state index in [0.29, 0.717) is 33.6 Å². The van der Waals surface area contributed by atoms with Gasteiger partial charge in [0.05, 0.1) is 16.7 Å². The number of hydrogen-bond acceptors (Lipinski definition) is 2. The molecule has 2 aliphatic heterocycles. The first-order valence-corrected chi connectivity index (χ1v) is 10.0. The van der Waals surface area contributed by atoms with Crippen LogP contribution >= 0.6 is 0 Å². The fourth-order valence-corrected chi connectivity index (χ4v) is 4.95. The molecule has 2 amide bonds. The van der Waals surface area contributed by atoms with Crippen LogP contribution in [-0.2, 0) is 16.0 Å². The Morgan fingerprint density at radius 2 is 1.80 bits per heavy atom. The maximum atomic E-state index is 14.6. The molecular weight excluding hydrogens is 381 g/mol. The molecule has 0 spiro atoms. The highest BCUT2D eigenvalue weighted by Gasteiger charge is 2.36. The number of fused-ring (bicyclic) bond motifs is 1. The lowest BCUT2D eigenvalue weighted by Gasteiger charge is -2.22. The van der Waals surface area contributed by atoms with E-state index in [0.717, 1.165) is 23.7 Å². The van der Waals surface area contributed by atoms with Crippen molar-refractivity contribution in [3.63, 3.8) is 0 Å². The van der Waals surface area contributed by atoms with Gasteiger partial charge in [-0.2, -0.15) is 0 Å². The lowest BCUT2D eigenvalue weighted by molar-refractivity contribution is -0.122. The number of H-pyrrole nitrogens is 1. The molecule has 5 nitrogen and oxygen atoms in total. The van der Waals surface area contributed by atoms with Gasteiger partial charge in [-0.15, -0.1) is 0 Å². The van der Waals surface area contributed by atoms with E-state index in [-0.39, 0.29) is 5.57 Å². The Hall–Kier alpha value is -3.67. The Morgan fingerprint density at radius 3 is 2.63 bits per heavy atom. The van der Waals surface area contributed by atoms with Gasteiger partial charge in [0.1, 0.15) is 5.82 Å². The van der Waals surface area contributed by atoms with Crippen LogP contribution in [0.1, 0.15) is 36.1 Å². The number of benzene rings is 2. The van der Waals surface area contributed by atoms with Crippen molar-refractivity contribution in [2.45, 2.75) is 25.8 Å². The summed E-state index contributed by atoms with van der Waals surface area (Å²) < 4.78 is 16.8. The number of amides is 2. The van der Waals surface area contributed by atoms with E-state index >= 15 is 0 Å². The molecule has 0 bridgehead atoms. The molecule has 30 heavy (non-hydrogen) atoms. The van der Waals surface area contributed by atoms with Crippen LogP contribution in [0.4, 0.5) is 4.39 Å². The first-order valence-electron chi connectivity index (χ1n) is 10.0. The summed E-state index contributed by atoms with van der Waals surface area (Å²) in [7, 11) is 0. The topological polar surface area (TPSA) is 66.9 Å². The van der Waals surface area contributed by atoms with E-state index < -0.39 is 17.6 Å². The van der Waals surface area contributed by atoms with Crippen molar-refractivity contribution in [3.05, 3.63) is 71.3 Å². The number of aromatic amines is 1. The van der Waals surface area contributed by atoms with Crippen LogP contribution < -0.4 is 5.32 Å². The van der Waals surface area contributed by atoms with Crippen LogP contribution in [0.2, 0.25) is 0 Å². The lowest BCUT2D eigenvalue weighted by atomic mass is 9.94. The van der Waals surface area contributed by atoms with Crippen molar-refractivity contribution < 1.29 is 14.0 Å². The fourth-order valence-electron chi connectivity index (χ4n) is 4.95. The number of carbonyl (C=O) groups is 2. The third-order valence-corrected chi connectivity index (χ3v) is 6.37. The monoisotopic (exact) mass is 399 g/mol. The smallest absolute Gasteiger partial charge is 0.259 e. The lowest BCUT2D eigenvalue weighted by Crippen LogP contribution is -2.22. The molecule has 0 saturated heterocycles. The highest BCUT2D eigenvalue weighted by atomic mass is 19.1. The molecule has 0 saturated carbocycles. The Balaban J connectivity index is 1.71. The van der Waals surface area contributed by atoms with Crippen molar-refractivity contribution >= 4 is 44.8 Å². The number of nitrogens with one attached hydrogen (secondary N) is 2.